The molecule has 11 nitrogen and oxygen atoms in total. The summed E-state index contributed by atoms with van der Waals surface area (Å²) in [6, 6.07) is 9.97. The van der Waals surface area contributed by atoms with E-state index in [9.17, 15) is 12.8 Å². The second-order valence-electron chi connectivity index (χ2n) is 9.26. The summed E-state index contributed by atoms with van der Waals surface area (Å²) < 4.78 is 44.6. The van der Waals surface area contributed by atoms with E-state index >= 15 is 0 Å². The number of benzene rings is 1. The Kier molecular flexibility index (Phi) is 6.42. The molecule has 13 heteroatoms. The molecule has 0 unspecified atom stereocenters. The van der Waals surface area contributed by atoms with Crippen molar-refractivity contribution >= 4 is 38.6 Å². The van der Waals surface area contributed by atoms with E-state index in [2.05, 4.69) is 20.1 Å². The van der Waals surface area contributed by atoms with Crippen LogP contribution in [0.2, 0.25) is 0 Å². The van der Waals surface area contributed by atoms with Crippen molar-refractivity contribution in [3.63, 3.8) is 0 Å². The highest BCUT2D eigenvalue weighted by atomic mass is 32.2. The minimum absolute atomic E-state index is 0.0533. The number of rotatable bonds is 8. The Morgan fingerprint density at radius 1 is 1.08 bits per heavy atom. The predicted octanol–water partition coefficient (Wildman–Crippen LogP) is 2.65. The van der Waals surface area contributed by atoms with E-state index in [0.29, 0.717) is 22.3 Å². The number of nitrogens with two attached hydrogens (primary N) is 2. The average Bonchev–Trinajstić information content (AvgIpc) is 3.19. The van der Waals surface area contributed by atoms with E-state index in [-0.39, 0.29) is 48.0 Å². The normalized spacial score (nSPS) is 14.3. The van der Waals surface area contributed by atoms with Crippen LogP contribution in [0.15, 0.2) is 42.6 Å². The quantitative estimate of drug-likeness (QED) is 0.357. The second-order valence-corrected chi connectivity index (χ2v) is 11.3. The Bertz CT molecular complexity index is 1540. The summed E-state index contributed by atoms with van der Waals surface area (Å²) in [6.07, 6.45) is 4.52. The van der Waals surface area contributed by atoms with Crippen molar-refractivity contribution in [3.8, 4) is 11.5 Å². The average molecular weight is 526 g/mol. The number of hydrogen-bond acceptors (Lipinski definition) is 8. The molecule has 0 saturated heterocycles. The van der Waals surface area contributed by atoms with E-state index in [4.69, 9.17) is 11.5 Å². The van der Waals surface area contributed by atoms with Crippen LogP contribution in [0.4, 0.5) is 21.7 Å². The van der Waals surface area contributed by atoms with Crippen LogP contribution in [0.25, 0.3) is 22.6 Å². The van der Waals surface area contributed by atoms with E-state index in [1.54, 1.807) is 41.2 Å². The first-order chi connectivity index (χ1) is 17.7. The van der Waals surface area contributed by atoms with Crippen molar-refractivity contribution in [2.75, 3.05) is 36.4 Å². The van der Waals surface area contributed by atoms with Gasteiger partial charge in [0.15, 0.2) is 23.1 Å². The van der Waals surface area contributed by atoms with Crippen molar-refractivity contribution < 1.29 is 12.8 Å². The van der Waals surface area contributed by atoms with Gasteiger partial charge in [0.25, 0.3) is 0 Å². The molecule has 1 aliphatic carbocycles. The molecule has 0 amide bonds. The van der Waals surface area contributed by atoms with Crippen LogP contribution in [0, 0.1) is 11.7 Å². The Labute approximate surface area is 214 Å². The van der Waals surface area contributed by atoms with E-state index in [0.717, 1.165) is 23.6 Å². The highest BCUT2D eigenvalue weighted by molar-refractivity contribution is 7.90. The molecule has 1 aliphatic rings. The molecule has 1 saturated carbocycles. The third-order valence-electron chi connectivity index (χ3n) is 6.57. The van der Waals surface area contributed by atoms with Crippen molar-refractivity contribution in [3.05, 3.63) is 54.0 Å². The summed E-state index contributed by atoms with van der Waals surface area (Å²) in [7, 11) is -0.993. The molecule has 5 rings (SSSR count). The van der Waals surface area contributed by atoms with Gasteiger partial charge in [-0.1, -0.05) is 24.6 Å². The van der Waals surface area contributed by atoms with Crippen molar-refractivity contribution in [1.29, 1.82) is 0 Å². The molecule has 4 N–H and O–H groups in total. The Morgan fingerprint density at radius 3 is 2.41 bits per heavy atom. The smallest absolute Gasteiger partial charge is 0.303 e. The number of nitrogen functional groups attached to an aromatic ring is 2. The lowest BCUT2D eigenvalue weighted by molar-refractivity contribution is 0.324. The lowest BCUT2D eigenvalue weighted by Gasteiger charge is -2.34. The fourth-order valence-electron chi connectivity index (χ4n) is 4.33. The molecule has 194 valence electrons. The number of pyridine rings is 1. The standard InChI is InChI=1S/C24H28FN9O2S/c1-32(2)37(35,36)34(13-15-7-5-8-15)20-21(26)29-23(30-22(20)27)19-17-10-6-12-28-24(17)33(31-19)14-16-9-3-4-11-18(16)25/h3-4,6,9-12,15H,5,7-8,13-14H2,1-2H3,(H4,26,27,29,30). The molecule has 4 aromatic rings. The molecule has 3 heterocycles. The summed E-state index contributed by atoms with van der Waals surface area (Å²) in [4.78, 5) is 13.3. The van der Waals surface area contributed by atoms with Gasteiger partial charge in [0.1, 0.15) is 17.2 Å². The molecular formula is C24H28FN9O2S. The van der Waals surface area contributed by atoms with Crippen LogP contribution >= 0.6 is 0 Å². The lowest BCUT2D eigenvalue weighted by atomic mass is 9.85. The van der Waals surface area contributed by atoms with E-state index in [1.807, 2.05) is 0 Å². The lowest BCUT2D eigenvalue weighted by Crippen LogP contribution is -2.44. The summed E-state index contributed by atoms with van der Waals surface area (Å²) in [5, 5.41) is 5.23. The van der Waals surface area contributed by atoms with E-state index < -0.39 is 10.2 Å². The molecule has 1 aromatic carbocycles. The molecule has 3 aromatic heterocycles. The summed E-state index contributed by atoms with van der Waals surface area (Å²) in [5.41, 5.74) is 14.0. The monoisotopic (exact) mass is 525 g/mol. The Balaban J connectivity index is 1.59. The fraction of sp³-hybridized carbons (Fsp3) is 0.333. The predicted molar refractivity (Wildman–Crippen MR) is 140 cm³/mol. The van der Waals surface area contributed by atoms with Gasteiger partial charge in [-0.2, -0.15) is 17.8 Å². The highest BCUT2D eigenvalue weighted by Crippen LogP contribution is 2.37. The largest absolute Gasteiger partial charge is 0.382 e. The first-order valence-electron chi connectivity index (χ1n) is 11.8. The van der Waals surface area contributed by atoms with Crippen LogP contribution in [-0.4, -0.2) is 58.1 Å². The summed E-state index contributed by atoms with van der Waals surface area (Å²) in [5.74, 6) is -0.181. The first kappa shape index (κ1) is 24.8. The number of hydrogen-bond donors (Lipinski definition) is 2. The molecule has 0 spiro atoms. The Hall–Kier alpha value is -3.84. The number of aromatic nitrogens is 5. The van der Waals surface area contributed by atoms with Gasteiger partial charge in [-0.25, -0.2) is 28.3 Å². The topological polar surface area (TPSA) is 149 Å². The SMILES string of the molecule is CN(C)S(=O)(=O)N(CC1CCC1)c1c(N)nc(-c2nn(Cc3ccccc3F)c3ncccc23)nc1N. The number of anilines is 3. The second kappa shape index (κ2) is 9.56. The van der Waals surface area contributed by atoms with Crippen molar-refractivity contribution in [1.82, 2.24) is 29.0 Å². The zero-order valence-corrected chi connectivity index (χ0v) is 21.4. The fourth-order valence-corrected chi connectivity index (χ4v) is 5.54. The van der Waals surface area contributed by atoms with Crippen molar-refractivity contribution in [2.24, 2.45) is 5.92 Å². The van der Waals surface area contributed by atoms with Gasteiger partial charge >= 0.3 is 10.2 Å². The third kappa shape index (κ3) is 4.55. The molecule has 0 bridgehead atoms. The maximum absolute atomic E-state index is 14.3. The van der Waals surface area contributed by atoms with Gasteiger partial charge in [0, 0.05) is 32.4 Å². The van der Waals surface area contributed by atoms with Gasteiger partial charge in [0.05, 0.1) is 11.9 Å². The molecular weight excluding hydrogens is 497 g/mol. The minimum Gasteiger partial charge on any atom is -0.382 e. The zero-order chi connectivity index (χ0) is 26.3. The molecule has 1 fully saturated rings. The maximum Gasteiger partial charge on any atom is 0.303 e. The molecule has 0 aliphatic heterocycles. The number of nitrogens with zero attached hydrogens (tertiary/aromatic N) is 7. The van der Waals surface area contributed by atoms with Crippen molar-refractivity contribution in [2.45, 2.75) is 25.8 Å². The minimum atomic E-state index is -3.89. The molecule has 0 radical (unpaired) electrons. The van der Waals surface area contributed by atoms with Gasteiger partial charge in [-0.3, -0.25) is 0 Å². The molecule has 37 heavy (non-hydrogen) atoms. The zero-order valence-electron chi connectivity index (χ0n) is 20.5. The van der Waals surface area contributed by atoms with Gasteiger partial charge in [-0.15, -0.1) is 0 Å². The van der Waals surface area contributed by atoms with Gasteiger partial charge in [0.2, 0.25) is 0 Å². The third-order valence-corrected chi connectivity index (χ3v) is 8.38. The van der Waals surface area contributed by atoms with Crippen LogP contribution in [0.3, 0.4) is 0 Å². The number of fused-ring (bicyclic) bond motifs is 1. The van der Waals surface area contributed by atoms with Crippen LogP contribution in [0.1, 0.15) is 24.8 Å². The summed E-state index contributed by atoms with van der Waals surface area (Å²) in [6.45, 7) is 0.376. The van der Waals surface area contributed by atoms with E-state index in [1.165, 1.54) is 24.5 Å². The maximum atomic E-state index is 14.3. The van der Waals surface area contributed by atoms with Crippen LogP contribution in [-0.2, 0) is 16.8 Å². The number of halogens is 1. The molecule has 0 atom stereocenters. The van der Waals surface area contributed by atoms with Crippen LogP contribution < -0.4 is 15.8 Å². The summed E-state index contributed by atoms with van der Waals surface area (Å²) >= 11 is 0. The van der Waals surface area contributed by atoms with Gasteiger partial charge in [-0.05, 0) is 37.0 Å². The van der Waals surface area contributed by atoms with Gasteiger partial charge < -0.3 is 11.5 Å². The highest BCUT2D eigenvalue weighted by Gasteiger charge is 2.34. The Morgan fingerprint density at radius 2 is 1.78 bits per heavy atom. The first-order valence-corrected chi connectivity index (χ1v) is 13.2. The van der Waals surface area contributed by atoms with Crippen LogP contribution in [0.5, 0.6) is 0 Å².